The van der Waals surface area contributed by atoms with Gasteiger partial charge in [0.25, 0.3) is 0 Å². The first-order chi connectivity index (χ1) is 15.0. The fourth-order valence-corrected chi connectivity index (χ4v) is 4.74. The van der Waals surface area contributed by atoms with Crippen LogP contribution in [-0.2, 0) is 27.1 Å². The van der Waals surface area contributed by atoms with Crippen molar-refractivity contribution in [2.24, 2.45) is 0 Å². The Balaban J connectivity index is 1.49. The normalized spacial score (nSPS) is 16.8. The summed E-state index contributed by atoms with van der Waals surface area (Å²) in [7, 11) is -0.123. The summed E-state index contributed by atoms with van der Waals surface area (Å²) in [5.74, 6) is 1.07. The Bertz CT molecular complexity index is 951. The highest BCUT2D eigenvalue weighted by atomic mass is 35.5. The summed E-state index contributed by atoms with van der Waals surface area (Å²) >= 11 is 6.21. The number of esters is 1. The first kappa shape index (κ1) is 23.6. The van der Waals surface area contributed by atoms with Gasteiger partial charge in [0.05, 0.1) is 23.8 Å². The smallest absolute Gasteiger partial charge is 0.335 e. The number of aromatic nitrogens is 1. The van der Waals surface area contributed by atoms with Crippen molar-refractivity contribution in [2.75, 3.05) is 26.1 Å². The molecular formula is C23H28ClNO5S. The third-order valence-corrected chi connectivity index (χ3v) is 7.44. The maximum atomic E-state index is 12.0. The van der Waals surface area contributed by atoms with E-state index < -0.39 is 6.10 Å². The summed E-state index contributed by atoms with van der Waals surface area (Å²) < 4.78 is 23.0. The lowest BCUT2D eigenvalue weighted by atomic mass is 10.1. The number of ether oxygens (including phenoxy) is 3. The summed E-state index contributed by atoms with van der Waals surface area (Å²) in [5.41, 5.74) is 1.83. The van der Waals surface area contributed by atoms with Crippen LogP contribution >= 0.6 is 22.1 Å². The van der Waals surface area contributed by atoms with Crippen LogP contribution in [0.1, 0.15) is 37.4 Å². The number of allylic oxidation sites excluding steroid dienone is 1. The Kier molecular flexibility index (Phi) is 8.75. The van der Waals surface area contributed by atoms with Gasteiger partial charge < -0.3 is 18.6 Å². The molecular weight excluding hydrogens is 438 g/mol. The van der Waals surface area contributed by atoms with Crippen LogP contribution in [0.15, 0.2) is 41.0 Å². The van der Waals surface area contributed by atoms with Gasteiger partial charge in [-0.1, -0.05) is 29.8 Å². The molecule has 2 heterocycles. The van der Waals surface area contributed by atoms with Crippen molar-refractivity contribution in [2.45, 2.75) is 39.2 Å². The van der Waals surface area contributed by atoms with Gasteiger partial charge in [0.2, 0.25) is 5.89 Å². The number of hydrogen-bond acceptors (Lipinski definition) is 6. The fraction of sp³-hybridized carbons (Fsp3) is 0.435. The molecule has 168 valence electrons. The number of halogens is 1. The summed E-state index contributed by atoms with van der Waals surface area (Å²) in [6, 6.07) is 7.65. The molecule has 6 nitrogen and oxygen atoms in total. The minimum absolute atomic E-state index is 0.123. The highest BCUT2D eigenvalue weighted by Gasteiger charge is 2.20. The molecule has 1 aliphatic rings. The van der Waals surface area contributed by atoms with Gasteiger partial charge in [0.1, 0.15) is 12.0 Å². The molecule has 1 aromatic carbocycles. The van der Waals surface area contributed by atoms with Crippen LogP contribution in [0.25, 0.3) is 4.91 Å². The maximum absolute atomic E-state index is 12.0. The molecule has 0 aliphatic carbocycles. The van der Waals surface area contributed by atoms with E-state index in [9.17, 15) is 4.79 Å². The number of rotatable bonds is 11. The molecule has 2 atom stereocenters. The van der Waals surface area contributed by atoms with E-state index in [4.69, 9.17) is 30.2 Å². The number of benzene rings is 1. The maximum Gasteiger partial charge on any atom is 0.335 e. The number of carbonyl (C=O) groups is 1. The summed E-state index contributed by atoms with van der Waals surface area (Å²) in [6.45, 7) is 4.93. The van der Waals surface area contributed by atoms with Gasteiger partial charge in [-0.05, 0) is 37.8 Å². The second kappa shape index (κ2) is 11.5. The van der Waals surface area contributed by atoms with Crippen LogP contribution in [0.4, 0.5) is 0 Å². The predicted molar refractivity (Wildman–Crippen MR) is 125 cm³/mol. The zero-order chi connectivity index (χ0) is 22.2. The number of oxazole rings is 1. The molecule has 0 N–H and O–H groups in total. The Morgan fingerprint density at radius 1 is 1.26 bits per heavy atom. The van der Waals surface area contributed by atoms with Crippen molar-refractivity contribution >= 4 is 37.3 Å². The SMILES string of the molecule is CCOC(=O)[C@H](Cc1ccc(OCCc2coc(C3=CCC(Cl)=S3C)n2)cc1)OCC. The van der Waals surface area contributed by atoms with E-state index >= 15 is 0 Å². The minimum atomic E-state index is -0.594. The van der Waals surface area contributed by atoms with Crippen molar-refractivity contribution in [3.05, 3.63) is 53.8 Å². The summed E-state index contributed by atoms with van der Waals surface area (Å²) in [6.07, 6.45) is 7.13. The molecule has 1 aromatic heterocycles. The van der Waals surface area contributed by atoms with Gasteiger partial charge in [-0.2, -0.15) is 0 Å². The molecule has 0 fully saturated rings. The van der Waals surface area contributed by atoms with Gasteiger partial charge in [0, 0.05) is 30.2 Å². The quantitative estimate of drug-likeness (QED) is 0.269. The van der Waals surface area contributed by atoms with Crippen LogP contribution in [0.2, 0.25) is 0 Å². The average Bonchev–Trinajstić information content (AvgIpc) is 3.36. The number of hydrogen-bond donors (Lipinski definition) is 0. The second-order valence-corrected chi connectivity index (χ2v) is 9.56. The van der Waals surface area contributed by atoms with E-state index in [-0.39, 0.29) is 16.5 Å². The van der Waals surface area contributed by atoms with Gasteiger partial charge in [-0.25, -0.2) is 9.78 Å². The van der Waals surface area contributed by atoms with E-state index in [1.54, 1.807) is 13.2 Å². The van der Waals surface area contributed by atoms with Crippen LogP contribution in [-0.4, -0.2) is 47.5 Å². The minimum Gasteiger partial charge on any atom is -0.493 e. The van der Waals surface area contributed by atoms with Crippen molar-refractivity contribution in [1.29, 1.82) is 0 Å². The standard InChI is InChI=1S/C23H28ClNO5S/c1-4-27-19(23(26)28-5-2)14-16-6-8-18(9-7-16)29-13-12-17-15-30-22(25-17)20-10-11-21(24)31(20)3/h6-10,15,19H,4-5,11-14H2,1-3H3/t19-,31?/m0/s1. The molecule has 8 heteroatoms. The van der Waals surface area contributed by atoms with E-state index in [0.29, 0.717) is 38.6 Å². The van der Waals surface area contributed by atoms with Gasteiger partial charge in [-0.3, -0.25) is 0 Å². The third kappa shape index (κ3) is 6.45. The Hall–Kier alpha value is -2.09. The first-order valence-corrected chi connectivity index (χ1v) is 12.3. The molecule has 0 spiro atoms. The van der Waals surface area contributed by atoms with Crippen LogP contribution in [0.5, 0.6) is 5.75 Å². The first-order valence-electron chi connectivity index (χ1n) is 10.3. The van der Waals surface area contributed by atoms with Gasteiger partial charge in [0.15, 0.2) is 6.10 Å². The lowest BCUT2D eigenvalue weighted by Gasteiger charge is -2.15. The molecule has 1 unspecified atom stereocenters. The van der Waals surface area contributed by atoms with Gasteiger partial charge in [-0.15, -0.1) is 10.5 Å². The van der Waals surface area contributed by atoms with Crippen molar-refractivity contribution in [3.8, 4) is 5.75 Å². The number of nitrogens with zero attached hydrogens (tertiary/aromatic N) is 1. The van der Waals surface area contributed by atoms with E-state index in [2.05, 4.69) is 17.3 Å². The van der Waals surface area contributed by atoms with Crippen LogP contribution < -0.4 is 4.74 Å². The molecule has 1 aliphatic heterocycles. The average molecular weight is 466 g/mol. The molecule has 0 amide bonds. The second-order valence-electron chi connectivity index (χ2n) is 6.92. The topological polar surface area (TPSA) is 70.8 Å². The van der Waals surface area contributed by atoms with Crippen LogP contribution in [0, 0.1) is 0 Å². The zero-order valence-corrected chi connectivity index (χ0v) is 19.6. The molecule has 0 radical (unpaired) electrons. The Morgan fingerprint density at radius 2 is 2.03 bits per heavy atom. The van der Waals surface area contributed by atoms with Crippen LogP contribution in [0.3, 0.4) is 0 Å². The molecule has 0 saturated heterocycles. The predicted octanol–water partition coefficient (Wildman–Crippen LogP) is 4.82. The van der Waals surface area contributed by atoms with Crippen molar-refractivity contribution in [3.63, 3.8) is 0 Å². The van der Waals surface area contributed by atoms with E-state index in [0.717, 1.165) is 32.7 Å². The molecule has 31 heavy (non-hydrogen) atoms. The lowest BCUT2D eigenvalue weighted by molar-refractivity contribution is -0.156. The third-order valence-electron chi connectivity index (χ3n) is 4.76. The lowest BCUT2D eigenvalue weighted by Crippen LogP contribution is -2.28. The molecule has 3 rings (SSSR count). The molecule has 0 saturated carbocycles. The van der Waals surface area contributed by atoms with Crippen molar-refractivity contribution in [1.82, 2.24) is 4.98 Å². The Morgan fingerprint density at radius 3 is 2.68 bits per heavy atom. The summed E-state index contributed by atoms with van der Waals surface area (Å²) in [5, 5.41) is 0. The fourth-order valence-electron chi connectivity index (χ4n) is 3.15. The zero-order valence-electron chi connectivity index (χ0n) is 18.1. The highest BCUT2D eigenvalue weighted by Crippen LogP contribution is 2.39. The van der Waals surface area contributed by atoms with Crippen molar-refractivity contribution < 1.29 is 23.4 Å². The molecule has 0 bridgehead atoms. The molecule has 2 aromatic rings. The Labute approximate surface area is 190 Å². The summed E-state index contributed by atoms with van der Waals surface area (Å²) in [4.78, 5) is 17.6. The van der Waals surface area contributed by atoms with Gasteiger partial charge >= 0.3 is 5.97 Å². The highest BCUT2D eigenvalue weighted by molar-refractivity contribution is 8.24. The monoisotopic (exact) mass is 465 g/mol. The number of carbonyl (C=O) groups excluding carboxylic acids is 1. The van der Waals surface area contributed by atoms with E-state index in [1.807, 2.05) is 31.2 Å². The van der Waals surface area contributed by atoms with E-state index in [1.165, 1.54) is 0 Å². The largest absolute Gasteiger partial charge is 0.493 e.